The monoisotopic (exact) mass is 320 g/mol. The number of anilines is 1. The summed E-state index contributed by atoms with van der Waals surface area (Å²) in [5, 5.41) is 3.24. The second-order valence-corrected chi connectivity index (χ2v) is 5.55. The van der Waals surface area contributed by atoms with E-state index in [9.17, 15) is 9.18 Å². The number of amides is 1. The molecule has 0 bridgehead atoms. The smallest absolute Gasteiger partial charge is 0.238 e. The molecule has 0 saturated heterocycles. The Bertz CT molecular complexity index is 663. The van der Waals surface area contributed by atoms with Gasteiger partial charge in [0.25, 0.3) is 0 Å². The molecular formula is C17H18ClFN2O. The van der Waals surface area contributed by atoms with E-state index in [1.54, 1.807) is 12.1 Å². The molecule has 0 radical (unpaired) electrons. The van der Waals surface area contributed by atoms with E-state index in [0.717, 1.165) is 5.56 Å². The fourth-order valence-electron chi connectivity index (χ4n) is 2.17. The molecule has 1 atom stereocenters. The van der Waals surface area contributed by atoms with Crippen molar-refractivity contribution in [3.05, 3.63) is 64.9 Å². The minimum absolute atomic E-state index is 0.0277. The predicted molar refractivity (Wildman–Crippen MR) is 87.5 cm³/mol. The highest BCUT2D eigenvalue weighted by atomic mass is 35.5. The third-order valence-corrected chi connectivity index (χ3v) is 3.90. The fourth-order valence-corrected chi connectivity index (χ4v) is 2.46. The first-order chi connectivity index (χ1) is 10.5. The number of hydrogen-bond donors (Lipinski definition) is 1. The molecule has 3 nitrogen and oxygen atoms in total. The molecule has 0 heterocycles. The van der Waals surface area contributed by atoms with Crippen LogP contribution < -0.4 is 5.32 Å². The Balaban J connectivity index is 1.99. The third-order valence-electron chi connectivity index (χ3n) is 3.56. The molecule has 0 aliphatic heterocycles. The van der Waals surface area contributed by atoms with Gasteiger partial charge in [-0.3, -0.25) is 9.69 Å². The normalized spacial score (nSPS) is 12.2. The van der Waals surface area contributed by atoms with E-state index < -0.39 is 5.82 Å². The van der Waals surface area contributed by atoms with Crippen molar-refractivity contribution < 1.29 is 9.18 Å². The van der Waals surface area contributed by atoms with E-state index in [-0.39, 0.29) is 24.2 Å². The summed E-state index contributed by atoms with van der Waals surface area (Å²) in [6.45, 7) is 2.11. The van der Waals surface area contributed by atoms with Crippen LogP contribution in [0.5, 0.6) is 0 Å². The Labute approximate surface area is 134 Å². The zero-order chi connectivity index (χ0) is 16.1. The van der Waals surface area contributed by atoms with Crippen molar-refractivity contribution in [3.8, 4) is 0 Å². The highest BCUT2D eigenvalue weighted by Crippen LogP contribution is 2.26. The molecule has 5 heteroatoms. The summed E-state index contributed by atoms with van der Waals surface area (Å²) in [6.07, 6.45) is 0. The number of carbonyl (C=O) groups excluding carboxylic acids is 1. The lowest BCUT2D eigenvalue weighted by molar-refractivity contribution is -0.117. The van der Waals surface area contributed by atoms with Crippen LogP contribution >= 0.6 is 11.6 Å². The van der Waals surface area contributed by atoms with E-state index in [0.29, 0.717) is 5.02 Å². The standard InChI is InChI=1S/C17H18ClFN2O/c1-12(13-7-3-4-8-14(13)18)21(2)11-17(22)20-16-10-6-5-9-15(16)19/h3-10,12H,11H2,1-2H3,(H,20,22). The van der Waals surface area contributed by atoms with Gasteiger partial charge >= 0.3 is 0 Å². The van der Waals surface area contributed by atoms with Gasteiger partial charge in [-0.2, -0.15) is 0 Å². The maximum absolute atomic E-state index is 13.5. The Morgan fingerprint density at radius 3 is 2.55 bits per heavy atom. The van der Waals surface area contributed by atoms with E-state index in [2.05, 4.69) is 5.32 Å². The van der Waals surface area contributed by atoms with Crippen molar-refractivity contribution in [2.75, 3.05) is 18.9 Å². The lowest BCUT2D eigenvalue weighted by atomic mass is 10.1. The van der Waals surface area contributed by atoms with Crippen LogP contribution in [0.2, 0.25) is 5.02 Å². The maximum atomic E-state index is 13.5. The Kier molecular flexibility index (Phi) is 5.52. The minimum Gasteiger partial charge on any atom is -0.322 e. The number of para-hydroxylation sites is 1. The van der Waals surface area contributed by atoms with Crippen molar-refractivity contribution in [2.24, 2.45) is 0 Å². The van der Waals surface area contributed by atoms with Gasteiger partial charge in [0.05, 0.1) is 12.2 Å². The van der Waals surface area contributed by atoms with Gasteiger partial charge in [0.2, 0.25) is 5.91 Å². The molecule has 2 aromatic rings. The first-order valence-electron chi connectivity index (χ1n) is 6.98. The number of nitrogens with one attached hydrogen (secondary N) is 1. The fraction of sp³-hybridized carbons (Fsp3) is 0.235. The van der Waals surface area contributed by atoms with Crippen LogP contribution in [0.1, 0.15) is 18.5 Å². The molecule has 0 spiro atoms. The second-order valence-electron chi connectivity index (χ2n) is 5.14. The van der Waals surface area contributed by atoms with Crippen molar-refractivity contribution in [1.82, 2.24) is 4.90 Å². The Hall–Kier alpha value is -1.91. The largest absolute Gasteiger partial charge is 0.322 e. The zero-order valence-electron chi connectivity index (χ0n) is 12.5. The van der Waals surface area contributed by atoms with Gasteiger partial charge in [0.15, 0.2) is 0 Å². The molecular weight excluding hydrogens is 303 g/mol. The average molecular weight is 321 g/mol. The van der Waals surface area contributed by atoms with Gasteiger partial charge in [-0.05, 0) is 37.7 Å². The Morgan fingerprint density at radius 1 is 1.23 bits per heavy atom. The molecule has 0 aromatic heterocycles. The molecule has 22 heavy (non-hydrogen) atoms. The first-order valence-corrected chi connectivity index (χ1v) is 7.36. The lowest BCUT2D eigenvalue weighted by Crippen LogP contribution is -2.32. The van der Waals surface area contributed by atoms with Gasteiger partial charge in [0, 0.05) is 11.1 Å². The number of nitrogens with zero attached hydrogens (tertiary/aromatic N) is 1. The van der Waals surface area contributed by atoms with E-state index in [1.807, 2.05) is 43.1 Å². The number of benzene rings is 2. The summed E-state index contributed by atoms with van der Waals surface area (Å²) in [5.74, 6) is -0.718. The first kappa shape index (κ1) is 16.5. The lowest BCUT2D eigenvalue weighted by Gasteiger charge is -2.25. The summed E-state index contributed by atoms with van der Waals surface area (Å²) >= 11 is 6.17. The molecule has 116 valence electrons. The van der Waals surface area contributed by atoms with E-state index in [1.165, 1.54) is 12.1 Å². The van der Waals surface area contributed by atoms with E-state index >= 15 is 0 Å². The molecule has 1 amide bonds. The number of hydrogen-bond acceptors (Lipinski definition) is 2. The van der Waals surface area contributed by atoms with Crippen LogP contribution in [0, 0.1) is 5.82 Å². The molecule has 0 fully saturated rings. The molecule has 2 rings (SSSR count). The van der Waals surface area contributed by atoms with Crippen LogP contribution in [-0.4, -0.2) is 24.4 Å². The van der Waals surface area contributed by atoms with Gasteiger partial charge in [-0.25, -0.2) is 4.39 Å². The second kappa shape index (κ2) is 7.38. The molecule has 2 aromatic carbocycles. The van der Waals surface area contributed by atoms with Crippen LogP contribution in [0.25, 0.3) is 0 Å². The number of rotatable bonds is 5. The summed E-state index contributed by atoms with van der Waals surface area (Å²) < 4.78 is 13.5. The topological polar surface area (TPSA) is 32.3 Å². The predicted octanol–water partition coefficient (Wildman–Crippen LogP) is 4.11. The third kappa shape index (κ3) is 4.06. The number of carbonyl (C=O) groups is 1. The van der Waals surface area contributed by atoms with Crippen LogP contribution in [0.4, 0.5) is 10.1 Å². The highest BCUT2D eigenvalue weighted by molar-refractivity contribution is 6.31. The maximum Gasteiger partial charge on any atom is 0.238 e. The number of halogens is 2. The average Bonchev–Trinajstić information content (AvgIpc) is 2.49. The summed E-state index contributed by atoms with van der Waals surface area (Å²) in [5.41, 5.74) is 1.14. The molecule has 1 unspecified atom stereocenters. The van der Waals surface area contributed by atoms with Crippen molar-refractivity contribution >= 4 is 23.2 Å². The quantitative estimate of drug-likeness (QED) is 0.899. The summed E-state index contributed by atoms with van der Waals surface area (Å²) in [7, 11) is 1.83. The molecule has 1 N–H and O–H groups in total. The SMILES string of the molecule is CC(c1ccccc1Cl)N(C)CC(=O)Nc1ccccc1F. The molecule has 0 saturated carbocycles. The van der Waals surface area contributed by atoms with E-state index in [4.69, 9.17) is 11.6 Å². The van der Waals surface area contributed by atoms with Crippen molar-refractivity contribution in [3.63, 3.8) is 0 Å². The van der Waals surface area contributed by atoms with Gasteiger partial charge in [0.1, 0.15) is 5.82 Å². The van der Waals surface area contributed by atoms with Crippen molar-refractivity contribution in [2.45, 2.75) is 13.0 Å². The van der Waals surface area contributed by atoms with Crippen LogP contribution in [0.3, 0.4) is 0 Å². The van der Waals surface area contributed by atoms with Crippen LogP contribution in [0.15, 0.2) is 48.5 Å². The zero-order valence-corrected chi connectivity index (χ0v) is 13.3. The van der Waals surface area contributed by atoms with Crippen LogP contribution in [-0.2, 0) is 4.79 Å². The van der Waals surface area contributed by atoms with Crippen molar-refractivity contribution in [1.29, 1.82) is 0 Å². The highest BCUT2D eigenvalue weighted by Gasteiger charge is 2.17. The summed E-state index contributed by atoms with van der Waals surface area (Å²) in [6, 6.07) is 13.6. The molecule has 0 aliphatic rings. The molecule has 0 aliphatic carbocycles. The van der Waals surface area contributed by atoms with Gasteiger partial charge in [-0.1, -0.05) is 41.9 Å². The summed E-state index contributed by atoms with van der Waals surface area (Å²) in [4.78, 5) is 13.9. The minimum atomic E-state index is -0.447. The van der Waals surface area contributed by atoms with Gasteiger partial charge < -0.3 is 5.32 Å². The Morgan fingerprint density at radius 2 is 1.86 bits per heavy atom. The van der Waals surface area contributed by atoms with Gasteiger partial charge in [-0.15, -0.1) is 0 Å². The number of likely N-dealkylation sites (N-methyl/N-ethyl adjacent to an activating group) is 1.